The molecule has 0 aliphatic carbocycles. The fourth-order valence-corrected chi connectivity index (χ4v) is 1.80. The number of hydrogen-bond donors (Lipinski definition) is 2. The Morgan fingerprint density at radius 1 is 1.67 bits per heavy atom. The molecule has 2 rings (SSSR count). The third-order valence-corrected chi connectivity index (χ3v) is 2.79. The van der Waals surface area contributed by atoms with Gasteiger partial charge in [0.2, 0.25) is 5.88 Å². The highest BCUT2D eigenvalue weighted by atomic mass is 16.5. The highest BCUT2D eigenvalue weighted by Gasteiger charge is 2.16. The molecule has 98 valence electrons. The third-order valence-electron chi connectivity index (χ3n) is 2.79. The van der Waals surface area contributed by atoms with Gasteiger partial charge in [0.25, 0.3) is 0 Å². The number of anilines is 1. The quantitative estimate of drug-likeness (QED) is 0.844. The first-order chi connectivity index (χ1) is 8.79. The smallest absolute Gasteiger partial charge is 0.319 e. The molecule has 6 nitrogen and oxygen atoms in total. The van der Waals surface area contributed by atoms with Crippen LogP contribution in [0.2, 0.25) is 0 Å². The van der Waals surface area contributed by atoms with Crippen LogP contribution in [0.3, 0.4) is 0 Å². The number of aromatic nitrogens is 1. The summed E-state index contributed by atoms with van der Waals surface area (Å²) >= 11 is 0. The molecule has 1 atom stereocenters. The van der Waals surface area contributed by atoms with Crippen LogP contribution >= 0.6 is 0 Å². The Morgan fingerprint density at radius 3 is 3.28 bits per heavy atom. The molecule has 1 aromatic rings. The molecule has 0 aromatic carbocycles. The zero-order valence-corrected chi connectivity index (χ0v) is 10.3. The van der Waals surface area contributed by atoms with Crippen molar-refractivity contribution in [3.8, 4) is 5.88 Å². The molecule has 0 saturated carbocycles. The molecule has 18 heavy (non-hydrogen) atoms. The monoisotopic (exact) mass is 251 g/mol. The molecule has 0 radical (unpaired) electrons. The Kier molecular flexibility index (Phi) is 4.35. The van der Waals surface area contributed by atoms with Gasteiger partial charge in [0.05, 0.1) is 13.7 Å². The van der Waals surface area contributed by atoms with Crippen molar-refractivity contribution >= 4 is 11.7 Å². The number of ether oxygens (including phenoxy) is 2. The van der Waals surface area contributed by atoms with E-state index in [2.05, 4.69) is 15.6 Å². The molecule has 0 bridgehead atoms. The van der Waals surface area contributed by atoms with Gasteiger partial charge in [-0.1, -0.05) is 0 Å². The summed E-state index contributed by atoms with van der Waals surface area (Å²) in [5.41, 5.74) is 0.556. The lowest BCUT2D eigenvalue weighted by Crippen LogP contribution is -2.33. The normalized spacial score (nSPS) is 18.4. The molecule has 1 aliphatic heterocycles. The number of carbonyl (C=O) groups excluding carboxylic acids is 1. The molecule has 1 saturated heterocycles. The van der Waals surface area contributed by atoms with Gasteiger partial charge in [-0.3, -0.25) is 0 Å². The molecule has 2 heterocycles. The molecule has 0 spiro atoms. The summed E-state index contributed by atoms with van der Waals surface area (Å²) < 4.78 is 10.3. The number of rotatable bonds is 4. The van der Waals surface area contributed by atoms with Crippen molar-refractivity contribution in [3.05, 3.63) is 18.3 Å². The van der Waals surface area contributed by atoms with Crippen molar-refractivity contribution in [1.82, 2.24) is 10.3 Å². The van der Waals surface area contributed by atoms with Gasteiger partial charge in [0.1, 0.15) is 5.69 Å². The van der Waals surface area contributed by atoms with E-state index in [1.54, 1.807) is 18.3 Å². The molecule has 0 unspecified atom stereocenters. The maximum Gasteiger partial charge on any atom is 0.319 e. The molecular weight excluding hydrogens is 234 g/mol. The fraction of sp³-hybridized carbons (Fsp3) is 0.500. The van der Waals surface area contributed by atoms with Crippen molar-refractivity contribution in [2.45, 2.75) is 6.42 Å². The lowest BCUT2D eigenvalue weighted by molar-refractivity contribution is 0.185. The summed E-state index contributed by atoms with van der Waals surface area (Å²) in [6.07, 6.45) is 2.61. The van der Waals surface area contributed by atoms with Gasteiger partial charge in [0, 0.05) is 25.3 Å². The average molecular weight is 251 g/mol. The molecule has 1 aliphatic rings. The van der Waals surface area contributed by atoms with E-state index in [0.717, 1.165) is 19.6 Å². The second-order valence-corrected chi connectivity index (χ2v) is 4.12. The second-order valence-electron chi connectivity index (χ2n) is 4.12. The van der Waals surface area contributed by atoms with E-state index in [1.807, 2.05) is 0 Å². The Labute approximate surface area is 106 Å². The maximum atomic E-state index is 11.7. The zero-order chi connectivity index (χ0) is 12.8. The van der Waals surface area contributed by atoms with Gasteiger partial charge in [-0.15, -0.1) is 0 Å². The fourth-order valence-electron chi connectivity index (χ4n) is 1.80. The number of pyridine rings is 1. The Hall–Kier alpha value is -1.82. The largest absolute Gasteiger partial charge is 0.480 e. The van der Waals surface area contributed by atoms with Crippen molar-refractivity contribution in [2.75, 3.05) is 32.2 Å². The predicted octanol–water partition coefficient (Wildman–Crippen LogP) is 1.25. The van der Waals surface area contributed by atoms with Crippen LogP contribution in [0.25, 0.3) is 0 Å². The first kappa shape index (κ1) is 12.6. The van der Waals surface area contributed by atoms with Gasteiger partial charge < -0.3 is 20.1 Å². The molecule has 6 heteroatoms. The number of methoxy groups -OCH3 is 1. The van der Waals surface area contributed by atoms with Gasteiger partial charge in [-0.05, 0) is 18.6 Å². The van der Waals surface area contributed by atoms with E-state index in [9.17, 15) is 4.79 Å². The van der Waals surface area contributed by atoms with Crippen molar-refractivity contribution < 1.29 is 14.3 Å². The van der Waals surface area contributed by atoms with Crippen molar-refractivity contribution in [1.29, 1.82) is 0 Å². The first-order valence-electron chi connectivity index (χ1n) is 5.91. The number of nitrogens with zero attached hydrogens (tertiary/aromatic N) is 1. The summed E-state index contributed by atoms with van der Waals surface area (Å²) in [7, 11) is 1.52. The topological polar surface area (TPSA) is 72.5 Å². The summed E-state index contributed by atoms with van der Waals surface area (Å²) in [5.74, 6) is 0.809. The van der Waals surface area contributed by atoms with Crippen LogP contribution in [-0.4, -0.2) is 37.9 Å². The first-order valence-corrected chi connectivity index (χ1v) is 5.91. The van der Waals surface area contributed by atoms with Crippen LogP contribution in [0, 0.1) is 5.92 Å². The van der Waals surface area contributed by atoms with Gasteiger partial charge in [0.15, 0.2) is 0 Å². The number of urea groups is 1. The third kappa shape index (κ3) is 3.33. The minimum atomic E-state index is -0.256. The molecule has 2 N–H and O–H groups in total. The highest BCUT2D eigenvalue weighted by Crippen LogP contribution is 2.19. The minimum Gasteiger partial charge on any atom is -0.480 e. The lowest BCUT2D eigenvalue weighted by atomic mass is 10.1. The SMILES string of the molecule is COc1ncccc1NC(=O)NC[C@H]1CCOC1. The van der Waals surface area contributed by atoms with Crippen LogP contribution in [0.1, 0.15) is 6.42 Å². The molecule has 2 amide bonds. The number of nitrogens with one attached hydrogen (secondary N) is 2. The number of amides is 2. The van der Waals surface area contributed by atoms with Crippen LogP contribution < -0.4 is 15.4 Å². The molecule has 1 aromatic heterocycles. The summed E-state index contributed by atoms with van der Waals surface area (Å²) in [6, 6.07) is 3.22. The van der Waals surface area contributed by atoms with Crippen LogP contribution in [0.4, 0.5) is 10.5 Å². The Morgan fingerprint density at radius 2 is 2.56 bits per heavy atom. The van der Waals surface area contributed by atoms with E-state index in [0.29, 0.717) is 24.0 Å². The zero-order valence-electron chi connectivity index (χ0n) is 10.3. The summed E-state index contributed by atoms with van der Waals surface area (Å²) in [6.45, 7) is 2.12. The molecular formula is C12H17N3O3. The van der Waals surface area contributed by atoms with Crippen molar-refractivity contribution in [3.63, 3.8) is 0 Å². The number of carbonyl (C=O) groups is 1. The highest BCUT2D eigenvalue weighted by molar-refractivity contribution is 5.90. The van der Waals surface area contributed by atoms with E-state index in [4.69, 9.17) is 9.47 Å². The molecule has 1 fully saturated rings. The predicted molar refractivity (Wildman–Crippen MR) is 66.7 cm³/mol. The standard InChI is InChI=1S/C12H17N3O3/c1-17-11-10(3-2-5-13-11)15-12(16)14-7-9-4-6-18-8-9/h2-3,5,9H,4,6-8H2,1H3,(H2,14,15,16)/t9-/m1/s1. The second kappa shape index (κ2) is 6.20. The number of hydrogen-bond acceptors (Lipinski definition) is 4. The van der Waals surface area contributed by atoms with Crippen molar-refractivity contribution in [2.24, 2.45) is 5.92 Å². The maximum absolute atomic E-state index is 11.7. The van der Waals surface area contributed by atoms with Gasteiger partial charge in [-0.25, -0.2) is 9.78 Å². The van der Waals surface area contributed by atoms with E-state index < -0.39 is 0 Å². The van der Waals surface area contributed by atoms with Gasteiger partial charge >= 0.3 is 6.03 Å². The average Bonchev–Trinajstić information content (AvgIpc) is 2.90. The van der Waals surface area contributed by atoms with E-state index >= 15 is 0 Å². The van der Waals surface area contributed by atoms with Crippen LogP contribution in [0.15, 0.2) is 18.3 Å². The lowest BCUT2D eigenvalue weighted by Gasteiger charge is -2.12. The summed E-state index contributed by atoms with van der Waals surface area (Å²) in [4.78, 5) is 15.7. The summed E-state index contributed by atoms with van der Waals surface area (Å²) in [5, 5.41) is 5.52. The Balaban J connectivity index is 1.82. The van der Waals surface area contributed by atoms with Crippen LogP contribution in [-0.2, 0) is 4.74 Å². The minimum absolute atomic E-state index is 0.256. The van der Waals surface area contributed by atoms with Crippen LogP contribution in [0.5, 0.6) is 5.88 Å². The van der Waals surface area contributed by atoms with E-state index in [1.165, 1.54) is 7.11 Å². The van der Waals surface area contributed by atoms with Gasteiger partial charge in [-0.2, -0.15) is 0 Å². The Bertz CT molecular complexity index is 405. The van der Waals surface area contributed by atoms with E-state index in [-0.39, 0.29) is 6.03 Å².